The average molecular weight is 233 g/mol. The fourth-order valence-electron chi connectivity index (χ4n) is 1.09. The third-order valence-corrected chi connectivity index (χ3v) is 2.98. The molecule has 0 fully saturated rings. The average Bonchev–Trinajstić information content (AvgIpc) is 2.01. The fraction of sp³-hybridized carbons (Fsp3) is 0.222. The molecule has 0 heterocycles. The Morgan fingerprint density at radius 1 is 1.43 bits per heavy atom. The molecule has 0 unspecified atom stereocenters. The smallest absolute Gasteiger partial charge is 0.261 e. The van der Waals surface area contributed by atoms with Gasteiger partial charge >= 0.3 is 0 Å². The molecule has 0 saturated heterocycles. The summed E-state index contributed by atoms with van der Waals surface area (Å²) in [5.74, 6) is -0.0193. The van der Waals surface area contributed by atoms with Crippen LogP contribution in [0, 0.1) is 0 Å². The first-order valence-electron chi connectivity index (χ1n) is 3.92. The van der Waals surface area contributed by atoms with Gasteiger partial charge in [-0.05, 0) is 24.6 Å². The van der Waals surface area contributed by atoms with E-state index in [4.69, 9.17) is 10.7 Å². The number of carbonyl (C=O) groups is 1. The number of rotatable bonds is 3. The zero-order valence-corrected chi connectivity index (χ0v) is 9.10. The van der Waals surface area contributed by atoms with E-state index in [0.29, 0.717) is 5.56 Å². The molecular formula is C9H9ClO3S. The summed E-state index contributed by atoms with van der Waals surface area (Å²) >= 11 is 0. The van der Waals surface area contributed by atoms with Crippen molar-refractivity contribution in [3.8, 4) is 0 Å². The van der Waals surface area contributed by atoms with Crippen LogP contribution in [-0.4, -0.2) is 14.2 Å². The highest BCUT2D eigenvalue weighted by Crippen LogP contribution is 2.16. The summed E-state index contributed by atoms with van der Waals surface area (Å²) in [7, 11) is 1.45. The Hall–Kier alpha value is -0.870. The van der Waals surface area contributed by atoms with E-state index in [2.05, 4.69) is 0 Å². The molecule has 0 aromatic heterocycles. The third kappa shape index (κ3) is 3.12. The molecule has 1 aromatic rings. The van der Waals surface area contributed by atoms with Crippen LogP contribution in [0.1, 0.15) is 12.5 Å². The van der Waals surface area contributed by atoms with Crippen LogP contribution >= 0.6 is 10.7 Å². The minimum Gasteiger partial charge on any atom is -0.300 e. The molecule has 0 spiro atoms. The molecule has 0 aliphatic rings. The van der Waals surface area contributed by atoms with Crippen molar-refractivity contribution < 1.29 is 13.2 Å². The lowest BCUT2D eigenvalue weighted by atomic mass is 10.1. The zero-order valence-electron chi connectivity index (χ0n) is 7.53. The molecule has 0 bridgehead atoms. The largest absolute Gasteiger partial charge is 0.300 e. The highest BCUT2D eigenvalue weighted by atomic mass is 35.7. The number of Topliss-reactive ketones (excluding diaryl/α,β-unsaturated/α-hetero) is 1. The normalized spacial score (nSPS) is 11.3. The van der Waals surface area contributed by atoms with Gasteiger partial charge in [0.05, 0.1) is 4.90 Å². The number of halogens is 1. The predicted molar refractivity (Wildman–Crippen MR) is 53.9 cm³/mol. The van der Waals surface area contributed by atoms with E-state index < -0.39 is 9.05 Å². The molecule has 76 valence electrons. The summed E-state index contributed by atoms with van der Waals surface area (Å²) in [5.41, 5.74) is 0.652. The molecule has 0 atom stereocenters. The van der Waals surface area contributed by atoms with Crippen LogP contribution in [-0.2, 0) is 20.3 Å². The Kier molecular flexibility index (Phi) is 3.29. The summed E-state index contributed by atoms with van der Waals surface area (Å²) < 4.78 is 21.9. The van der Waals surface area contributed by atoms with Crippen molar-refractivity contribution in [3.63, 3.8) is 0 Å². The van der Waals surface area contributed by atoms with Crippen molar-refractivity contribution in [2.45, 2.75) is 18.2 Å². The maximum absolute atomic E-state index is 11.0. The number of hydrogen-bond acceptors (Lipinski definition) is 3. The van der Waals surface area contributed by atoms with Gasteiger partial charge in [0.2, 0.25) is 0 Å². The summed E-state index contributed by atoms with van der Waals surface area (Å²) in [6.07, 6.45) is 0.222. The molecule has 1 rings (SSSR count). The first-order valence-corrected chi connectivity index (χ1v) is 6.23. The van der Waals surface area contributed by atoms with Gasteiger partial charge in [0.25, 0.3) is 9.05 Å². The lowest BCUT2D eigenvalue weighted by Crippen LogP contribution is -1.98. The van der Waals surface area contributed by atoms with Crippen LogP contribution in [0.2, 0.25) is 0 Å². The van der Waals surface area contributed by atoms with Crippen LogP contribution in [0.25, 0.3) is 0 Å². The van der Waals surface area contributed by atoms with Crippen LogP contribution in [0.15, 0.2) is 29.2 Å². The monoisotopic (exact) mass is 232 g/mol. The van der Waals surface area contributed by atoms with E-state index in [9.17, 15) is 13.2 Å². The quantitative estimate of drug-likeness (QED) is 0.746. The van der Waals surface area contributed by atoms with Crippen molar-refractivity contribution in [3.05, 3.63) is 29.8 Å². The van der Waals surface area contributed by atoms with Gasteiger partial charge in [-0.3, -0.25) is 4.79 Å². The van der Waals surface area contributed by atoms with Gasteiger partial charge in [0.15, 0.2) is 0 Å². The molecule has 0 amide bonds. The van der Waals surface area contributed by atoms with Gasteiger partial charge < -0.3 is 0 Å². The molecule has 5 heteroatoms. The second-order valence-corrected chi connectivity index (χ2v) is 5.53. The Bertz CT molecular complexity index is 451. The molecule has 1 aromatic carbocycles. The minimum absolute atomic E-state index is 0.0193. The molecule has 3 nitrogen and oxygen atoms in total. The van der Waals surface area contributed by atoms with Gasteiger partial charge in [-0.2, -0.15) is 0 Å². The minimum atomic E-state index is -3.70. The summed E-state index contributed by atoms with van der Waals surface area (Å²) in [5, 5.41) is 0. The first-order chi connectivity index (χ1) is 6.39. The molecule has 0 aliphatic carbocycles. The zero-order chi connectivity index (χ0) is 10.8. The van der Waals surface area contributed by atoms with Crippen molar-refractivity contribution in [2.75, 3.05) is 0 Å². The van der Waals surface area contributed by atoms with Crippen molar-refractivity contribution in [2.24, 2.45) is 0 Å². The molecule has 0 saturated carbocycles. The summed E-state index contributed by atoms with van der Waals surface area (Å²) in [4.78, 5) is 10.8. The third-order valence-electron chi connectivity index (χ3n) is 1.63. The van der Waals surface area contributed by atoms with E-state index >= 15 is 0 Å². The van der Waals surface area contributed by atoms with Crippen molar-refractivity contribution >= 4 is 25.5 Å². The maximum atomic E-state index is 11.0. The molecule has 14 heavy (non-hydrogen) atoms. The van der Waals surface area contributed by atoms with Gasteiger partial charge in [0.1, 0.15) is 5.78 Å². The highest BCUT2D eigenvalue weighted by molar-refractivity contribution is 8.13. The Labute approximate surface area is 87.1 Å². The van der Waals surface area contributed by atoms with E-state index in [-0.39, 0.29) is 17.1 Å². The van der Waals surface area contributed by atoms with E-state index in [1.54, 1.807) is 12.1 Å². The number of carbonyl (C=O) groups excluding carboxylic acids is 1. The molecule has 0 radical (unpaired) electrons. The van der Waals surface area contributed by atoms with Gasteiger partial charge in [0, 0.05) is 17.1 Å². The first kappa shape index (κ1) is 11.2. The number of hydrogen-bond donors (Lipinski definition) is 0. The standard InChI is InChI=1S/C9H9ClO3S/c1-7(11)5-8-3-2-4-9(6-8)14(10,12)13/h2-4,6H,5H2,1H3. The summed E-state index contributed by atoms with van der Waals surface area (Å²) in [6, 6.07) is 6.05. The van der Waals surface area contributed by atoms with Crippen molar-refractivity contribution in [1.29, 1.82) is 0 Å². The summed E-state index contributed by atoms with van der Waals surface area (Å²) in [6.45, 7) is 1.45. The SMILES string of the molecule is CC(=O)Cc1cccc(S(=O)(=O)Cl)c1. The predicted octanol–water partition coefficient (Wildman–Crippen LogP) is 1.75. The Morgan fingerprint density at radius 2 is 2.07 bits per heavy atom. The maximum Gasteiger partial charge on any atom is 0.261 e. The van der Waals surface area contributed by atoms with Gasteiger partial charge in [-0.25, -0.2) is 8.42 Å². The lowest BCUT2D eigenvalue weighted by Gasteiger charge is -2.00. The van der Waals surface area contributed by atoms with Crippen LogP contribution in [0.4, 0.5) is 0 Å². The van der Waals surface area contributed by atoms with Crippen LogP contribution < -0.4 is 0 Å². The molecule has 0 N–H and O–H groups in total. The topological polar surface area (TPSA) is 51.2 Å². The fourth-order valence-corrected chi connectivity index (χ4v) is 1.92. The van der Waals surface area contributed by atoms with Gasteiger partial charge in [-0.15, -0.1) is 0 Å². The number of ketones is 1. The second-order valence-electron chi connectivity index (χ2n) is 2.96. The number of benzene rings is 1. The van der Waals surface area contributed by atoms with Crippen molar-refractivity contribution in [1.82, 2.24) is 0 Å². The Morgan fingerprint density at radius 3 is 2.57 bits per heavy atom. The van der Waals surface area contributed by atoms with Gasteiger partial charge in [-0.1, -0.05) is 12.1 Å². The highest BCUT2D eigenvalue weighted by Gasteiger charge is 2.10. The van der Waals surface area contributed by atoms with Crippen LogP contribution in [0.5, 0.6) is 0 Å². The van der Waals surface area contributed by atoms with Crippen LogP contribution in [0.3, 0.4) is 0 Å². The molecule has 0 aliphatic heterocycles. The second kappa shape index (κ2) is 4.11. The lowest BCUT2D eigenvalue weighted by molar-refractivity contribution is -0.116. The van der Waals surface area contributed by atoms with E-state index in [1.165, 1.54) is 19.1 Å². The molecular weight excluding hydrogens is 224 g/mol. The Balaban J connectivity index is 3.08. The van der Waals surface area contributed by atoms with E-state index in [0.717, 1.165) is 0 Å². The van der Waals surface area contributed by atoms with E-state index in [1.807, 2.05) is 0 Å².